The molecule has 1 aromatic rings. The molecule has 1 rings (SSSR count). The minimum atomic E-state index is -0.264. The fourth-order valence-corrected chi connectivity index (χ4v) is 1.31. The van der Waals surface area contributed by atoms with E-state index in [-0.39, 0.29) is 5.82 Å². The molecule has 0 aliphatic rings. The van der Waals surface area contributed by atoms with E-state index in [4.69, 9.17) is 4.74 Å². The molecule has 0 bridgehead atoms. The van der Waals surface area contributed by atoms with Crippen LogP contribution in [0.4, 0.5) is 4.39 Å². The van der Waals surface area contributed by atoms with Crippen LogP contribution in [0.15, 0.2) is 29.8 Å². The van der Waals surface area contributed by atoms with Crippen molar-refractivity contribution in [1.82, 2.24) is 5.32 Å². The third kappa shape index (κ3) is 4.45. The van der Waals surface area contributed by atoms with Crippen LogP contribution in [0, 0.1) is 5.82 Å². The molecule has 0 fully saturated rings. The van der Waals surface area contributed by atoms with E-state index in [1.54, 1.807) is 0 Å². The molecule has 0 atom stereocenters. The lowest BCUT2D eigenvalue weighted by molar-refractivity contribution is 0.359. The standard InChI is InChI=1S/C13H18FNO/c1-10(2)4-5-16-13-7-11(9-15-3)6-12(14)8-13/h4,6-8,15H,5,9H2,1-3H3. The van der Waals surface area contributed by atoms with E-state index in [0.29, 0.717) is 18.9 Å². The monoisotopic (exact) mass is 223 g/mol. The van der Waals surface area contributed by atoms with Crippen LogP contribution in [-0.2, 0) is 6.54 Å². The summed E-state index contributed by atoms with van der Waals surface area (Å²) in [5.41, 5.74) is 2.07. The molecule has 16 heavy (non-hydrogen) atoms. The Morgan fingerprint density at radius 1 is 1.38 bits per heavy atom. The predicted octanol–water partition coefficient (Wildman–Crippen LogP) is 2.89. The maximum Gasteiger partial charge on any atom is 0.127 e. The summed E-state index contributed by atoms with van der Waals surface area (Å²) in [4.78, 5) is 0. The number of hydrogen-bond acceptors (Lipinski definition) is 2. The van der Waals surface area contributed by atoms with Crippen molar-refractivity contribution in [3.8, 4) is 5.75 Å². The average molecular weight is 223 g/mol. The highest BCUT2D eigenvalue weighted by Gasteiger charge is 2.00. The smallest absolute Gasteiger partial charge is 0.127 e. The van der Waals surface area contributed by atoms with Crippen LogP contribution < -0.4 is 10.1 Å². The number of benzene rings is 1. The van der Waals surface area contributed by atoms with Gasteiger partial charge in [0.15, 0.2) is 0 Å². The molecule has 3 heteroatoms. The summed E-state index contributed by atoms with van der Waals surface area (Å²) in [5.74, 6) is 0.308. The molecule has 0 aliphatic carbocycles. The Labute approximate surface area is 96.1 Å². The summed E-state index contributed by atoms with van der Waals surface area (Å²) in [5, 5.41) is 2.98. The fourth-order valence-electron chi connectivity index (χ4n) is 1.31. The quantitative estimate of drug-likeness (QED) is 0.775. The number of hydrogen-bond donors (Lipinski definition) is 1. The Kier molecular flexibility index (Phi) is 4.99. The average Bonchev–Trinajstić information content (AvgIpc) is 2.16. The lowest BCUT2D eigenvalue weighted by Crippen LogP contribution is -2.06. The second kappa shape index (κ2) is 6.28. The lowest BCUT2D eigenvalue weighted by atomic mass is 10.2. The SMILES string of the molecule is CNCc1cc(F)cc(OCC=C(C)C)c1. The van der Waals surface area contributed by atoms with Crippen molar-refractivity contribution < 1.29 is 9.13 Å². The Morgan fingerprint density at radius 3 is 2.75 bits per heavy atom. The molecule has 0 aliphatic heterocycles. The summed E-state index contributed by atoms with van der Waals surface area (Å²) >= 11 is 0. The van der Waals surface area contributed by atoms with Crippen molar-refractivity contribution in [2.75, 3.05) is 13.7 Å². The van der Waals surface area contributed by atoms with E-state index in [1.807, 2.05) is 33.0 Å². The minimum Gasteiger partial charge on any atom is -0.489 e. The van der Waals surface area contributed by atoms with Crippen LogP contribution in [0.5, 0.6) is 5.75 Å². The molecule has 0 saturated carbocycles. The number of rotatable bonds is 5. The van der Waals surface area contributed by atoms with E-state index in [2.05, 4.69) is 5.32 Å². The maximum atomic E-state index is 13.2. The molecule has 0 spiro atoms. The summed E-state index contributed by atoms with van der Waals surface area (Å²) < 4.78 is 18.7. The molecule has 0 saturated heterocycles. The second-order valence-corrected chi connectivity index (χ2v) is 3.92. The number of halogens is 1. The van der Waals surface area contributed by atoms with E-state index >= 15 is 0 Å². The van der Waals surface area contributed by atoms with Gasteiger partial charge < -0.3 is 10.1 Å². The Balaban J connectivity index is 2.68. The zero-order valence-electron chi connectivity index (χ0n) is 10.0. The van der Waals surface area contributed by atoms with Crippen LogP contribution in [0.1, 0.15) is 19.4 Å². The van der Waals surface area contributed by atoms with Gasteiger partial charge in [-0.25, -0.2) is 4.39 Å². The Bertz CT molecular complexity index is 370. The third-order valence-corrected chi connectivity index (χ3v) is 2.05. The summed E-state index contributed by atoms with van der Waals surface area (Å²) in [6, 6.07) is 4.75. The number of nitrogens with one attached hydrogen (secondary N) is 1. The van der Waals surface area contributed by atoms with Crippen molar-refractivity contribution in [1.29, 1.82) is 0 Å². The Morgan fingerprint density at radius 2 is 2.12 bits per heavy atom. The van der Waals surface area contributed by atoms with Gasteiger partial charge in [-0.3, -0.25) is 0 Å². The molecular weight excluding hydrogens is 205 g/mol. The van der Waals surface area contributed by atoms with Crippen LogP contribution in [0.3, 0.4) is 0 Å². The summed E-state index contributed by atoms with van der Waals surface area (Å²) in [6.07, 6.45) is 1.96. The highest BCUT2D eigenvalue weighted by molar-refractivity contribution is 5.29. The van der Waals surface area contributed by atoms with Gasteiger partial charge in [0.1, 0.15) is 18.2 Å². The first kappa shape index (κ1) is 12.7. The first-order chi connectivity index (χ1) is 7.61. The van der Waals surface area contributed by atoms with Gasteiger partial charge in [-0.15, -0.1) is 0 Å². The largest absolute Gasteiger partial charge is 0.489 e. The molecule has 1 aromatic carbocycles. The maximum absolute atomic E-state index is 13.2. The molecule has 2 nitrogen and oxygen atoms in total. The first-order valence-corrected chi connectivity index (χ1v) is 5.32. The normalized spacial score (nSPS) is 10.0. The van der Waals surface area contributed by atoms with Crippen LogP contribution in [-0.4, -0.2) is 13.7 Å². The van der Waals surface area contributed by atoms with Crippen molar-refractivity contribution >= 4 is 0 Å². The predicted molar refractivity (Wildman–Crippen MR) is 64.1 cm³/mol. The number of allylic oxidation sites excluding steroid dienone is 1. The Hall–Kier alpha value is -1.35. The van der Waals surface area contributed by atoms with Crippen LogP contribution >= 0.6 is 0 Å². The molecular formula is C13H18FNO. The molecule has 88 valence electrons. The van der Waals surface area contributed by atoms with E-state index in [1.165, 1.54) is 17.7 Å². The van der Waals surface area contributed by atoms with Gasteiger partial charge in [0.25, 0.3) is 0 Å². The summed E-state index contributed by atoms with van der Waals surface area (Å²) in [7, 11) is 1.83. The van der Waals surface area contributed by atoms with Crippen molar-refractivity contribution in [2.24, 2.45) is 0 Å². The van der Waals surface area contributed by atoms with Gasteiger partial charge in [0.2, 0.25) is 0 Å². The van der Waals surface area contributed by atoms with Crippen molar-refractivity contribution in [3.05, 3.63) is 41.2 Å². The molecule has 0 radical (unpaired) electrons. The number of ether oxygens (including phenoxy) is 1. The van der Waals surface area contributed by atoms with E-state index in [0.717, 1.165) is 5.56 Å². The van der Waals surface area contributed by atoms with Gasteiger partial charge in [-0.2, -0.15) is 0 Å². The zero-order chi connectivity index (χ0) is 12.0. The summed E-state index contributed by atoms with van der Waals surface area (Å²) in [6.45, 7) is 5.12. The van der Waals surface area contributed by atoms with Gasteiger partial charge in [0.05, 0.1) is 0 Å². The molecule has 1 N–H and O–H groups in total. The molecule has 0 amide bonds. The zero-order valence-corrected chi connectivity index (χ0v) is 10.0. The highest BCUT2D eigenvalue weighted by Crippen LogP contribution is 2.16. The van der Waals surface area contributed by atoms with Gasteiger partial charge in [-0.1, -0.05) is 5.57 Å². The van der Waals surface area contributed by atoms with Gasteiger partial charge in [0, 0.05) is 12.6 Å². The molecule has 0 aromatic heterocycles. The fraction of sp³-hybridized carbons (Fsp3) is 0.385. The first-order valence-electron chi connectivity index (χ1n) is 5.32. The van der Waals surface area contributed by atoms with Gasteiger partial charge >= 0.3 is 0 Å². The highest BCUT2D eigenvalue weighted by atomic mass is 19.1. The topological polar surface area (TPSA) is 21.3 Å². The van der Waals surface area contributed by atoms with E-state index in [9.17, 15) is 4.39 Å². The third-order valence-electron chi connectivity index (χ3n) is 2.05. The lowest BCUT2D eigenvalue weighted by Gasteiger charge is -2.07. The van der Waals surface area contributed by atoms with Gasteiger partial charge in [-0.05, 0) is 44.7 Å². The van der Waals surface area contributed by atoms with Crippen molar-refractivity contribution in [2.45, 2.75) is 20.4 Å². The molecule has 0 heterocycles. The van der Waals surface area contributed by atoms with Crippen LogP contribution in [0.2, 0.25) is 0 Å². The molecule has 0 unspecified atom stereocenters. The van der Waals surface area contributed by atoms with E-state index < -0.39 is 0 Å². The van der Waals surface area contributed by atoms with Crippen LogP contribution in [0.25, 0.3) is 0 Å². The minimum absolute atomic E-state index is 0.264. The van der Waals surface area contributed by atoms with Crippen molar-refractivity contribution in [3.63, 3.8) is 0 Å². The second-order valence-electron chi connectivity index (χ2n) is 3.92.